The Morgan fingerprint density at radius 3 is 2.68 bits per heavy atom. The number of nitrogens with two attached hydrogens (primary N) is 2. The normalized spacial score (nSPS) is 19.4. The first-order valence-electron chi connectivity index (χ1n) is 11.7. The van der Waals surface area contributed by atoms with Gasteiger partial charge in [0.15, 0.2) is 0 Å². The van der Waals surface area contributed by atoms with E-state index in [1.165, 1.54) is 6.33 Å². The number of likely N-dealkylation sites (tertiary alicyclic amines) is 1. The van der Waals surface area contributed by atoms with Gasteiger partial charge in [-0.05, 0) is 65.5 Å². The smallest absolute Gasteiger partial charge is 0.248 e. The lowest BCUT2D eigenvalue weighted by Gasteiger charge is -2.29. The molecule has 0 aliphatic carbocycles. The van der Waals surface area contributed by atoms with Gasteiger partial charge in [-0.2, -0.15) is 0 Å². The van der Waals surface area contributed by atoms with E-state index in [2.05, 4.69) is 36.2 Å². The van der Waals surface area contributed by atoms with Gasteiger partial charge in [0, 0.05) is 17.0 Å². The molecule has 190 valence electrons. The van der Waals surface area contributed by atoms with Crippen LogP contribution in [0.2, 0.25) is 0 Å². The van der Waals surface area contributed by atoms with Crippen molar-refractivity contribution in [2.75, 3.05) is 11.1 Å². The van der Waals surface area contributed by atoms with Crippen molar-refractivity contribution in [3.63, 3.8) is 0 Å². The van der Waals surface area contributed by atoms with E-state index < -0.39 is 11.9 Å². The Morgan fingerprint density at radius 1 is 1.16 bits per heavy atom. The molecule has 12 heteroatoms. The van der Waals surface area contributed by atoms with Crippen molar-refractivity contribution in [3.8, 4) is 0 Å². The van der Waals surface area contributed by atoms with Gasteiger partial charge in [-0.3, -0.25) is 14.4 Å². The van der Waals surface area contributed by atoms with E-state index in [9.17, 15) is 14.4 Å². The minimum atomic E-state index is -0.660. The van der Waals surface area contributed by atoms with Crippen LogP contribution in [0, 0.1) is 5.92 Å². The van der Waals surface area contributed by atoms with Crippen LogP contribution < -0.4 is 16.8 Å². The molecular weight excluding hydrogens is 540 g/mol. The quantitative estimate of drug-likeness (QED) is 0.314. The number of hydrogen-bond acceptors (Lipinski definition) is 7. The number of hydrogen-bond donors (Lipinski definition) is 3. The molecule has 5 rings (SSSR count). The summed E-state index contributed by atoms with van der Waals surface area (Å²) < 4.78 is 2.33. The zero-order chi connectivity index (χ0) is 26.4. The highest BCUT2D eigenvalue weighted by molar-refractivity contribution is 9.10. The van der Waals surface area contributed by atoms with Crippen molar-refractivity contribution in [2.45, 2.75) is 38.9 Å². The lowest BCUT2D eigenvalue weighted by atomic mass is 10.0. The molecule has 0 spiro atoms. The Hall–Kier alpha value is -4.06. The standard InChI is InChI=1S/C25H25BrN8O3/c1-12-8-17(25(37)32-19-5-3-4-18(26)31-19)34(13(12)2)20(35)10-33-16-7-6-14(23(28)36)9-15(16)21-22(27)29-11-30-24(21)33/h3-7,9,11-13,17H,8,10H2,1-2H3,(H2,28,36)(H2,27,29,30)(H,31,32,37)/t12-,13+,17-/m0/s1. The first kappa shape index (κ1) is 24.6. The van der Waals surface area contributed by atoms with Gasteiger partial charge in [-0.1, -0.05) is 13.0 Å². The first-order valence-corrected chi connectivity index (χ1v) is 12.5. The van der Waals surface area contributed by atoms with Crippen LogP contribution in [0.15, 0.2) is 47.3 Å². The molecule has 3 atom stereocenters. The molecule has 37 heavy (non-hydrogen) atoms. The predicted octanol–water partition coefficient (Wildman–Crippen LogP) is 2.69. The Balaban J connectivity index is 1.51. The van der Waals surface area contributed by atoms with E-state index in [4.69, 9.17) is 11.5 Å². The molecule has 1 saturated heterocycles. The average Bonchev–Trinajstić information content (AvgIpc) is 3.33. The largest absolute Gasteiger partial charge is 0.383 e. The van der Waals surface area contributed by atoms with Crippen molar-refractivity contribution in [1.82, 2.24) is 24.4 Å². The van der Waals surface area contributed by atoms with E-state index in [1.54, 1.807) is 45.9 Å². The van der Waals surface area contributed by atoms with Crippen LogP contribution in [0.4, 0.5) is 11.6 Å². The van der Waals surface area contributed by atoms with E-state index in [1.807, 2.05) is 13.8 Å². The maximum absolute atomic E-state index is 13.8. The van der Waals surface area contributed by atoms with Crippen molar-refractivity contribution < 1.29 is 14.4 Å². The number of halogens is 1. The summed E-state index contributed by atoms with van der Waals surface area (Å²) in [4.78, 5) is 53.2. The van der Waals surface area contributed by atoms with Crippen LogP contribution in [0.25, 0.3) is 21.9 Å². The maximum Gasteiger partial charge on any atom is 0.248 e. The molecule has 1 aliphatic rings. The van der Waals surface area contributed by atoms with Gasteiger partial charge < -0.3 is 26.3 Å². The molecule has 4 heterocycles. The third-order valence-corrected chi connectivity index (χ3v) is 7.44. The molecule has 0 radical (unpaired) electrons. The number of nitrogen functional groups attached to an aromatic ring is 1. The SMILES string of the molecule is C[C@@H]1[C@@H](C)C[C@@H](C(=O)Nc2cccc(Br)n2)N1C(=O)Cn1c2ccc(C(N)=O)cc2c2c(N)ncnc21. The number of anilines is 2. The molecule has 0 bridgehead atoms. The topological polar surface area (TPSA) is 162 Å². The number of nitrogens with zero attached hydrogens (tertiary/aromatic N) is 5. The van der Waals surface area contributed by atoms with Gasteiger partial charge in [0.2, 0.25) is 17.7 Å². The van der Waals surface area contributed by atoms with E-state index >= 15 is 0 Å². The van der Waals surface area contributed by atoms with Crippen LogP contribution in [0.3, 0.4) is 0 Å². The lowest BCUT2D eigenvalue weighted by Crippen LogP contribution is -2.47. The number of benzene rings is 1. The molecule has 3 amide bonds. The summed E-state index contributed by atoms with van der Waals surface area (Å²) in [7, 11) is 0. The number of fused-ring (bicyclic) bond motifs is 3. The molecule has 11 nitrogen and oxygen atoms in total. The van der Waals surface area contributed by atoms with Crippen molar-refractivity contribution >= 4 is 67.2 Å². The second-order valence-electron chi connectivity index (χ2n) is 9.25. The van der Waals surface area contributed by atoms with Crippen LogP contribution in [0.5, 0.6) is 0 Å². The third kappa shape index (κ3) is 4.37. The molecule has 1 fully saturated rings. The minimum absolute atomic E-state index is 0.0810. The van der Waals surface area contributed by atoms with Crippen LogP contribution in [0.1, 0.15) is 30.6 Å². The van der Waals surface area contributed by atoms with Gasteiger partial charge in [-0.25, -0.2) is 15.0 Å². The zero-order valence-corrected chi connectivity index (χ0v) is 21.8. The Kier molecular flexibility index (Phi) is 6.28. The summed E-state index contributed by atoms with van der Waals surface area (Å²) in [6, 6.07) is 9.34. The zero-order valence-electron chi connectivity index (χ0n) is 20.2. The van der Waals surface area contributed by atoms with Gasteiger partial charge >= 0.3 is 0 Å². The summed E-state index contributed by atoms with van der Waals surface area (Å²) in [6.07, 6.45) is 1.85. The van der Waals surface area contributed by atoms with Gasteiger partial charge in [0.25, 0.3) is 0 Å². The highest BCUT2D eigenvalue weighted by Crippen LogP contribution is 2.34. The molecule has 3 aromatic heterocycles. The number of amides is 3. The summed E-state index contributed by atoms with van der Waals surface area (Å²) in [6.45, 7) is 3.88. The second kappa shape index (κ2) is 9.43. The molecule has 0 unspecified atom stereocenters. The molecule has 5 N–H and O–H groups in total. The highest BCUT2D eigenvalue weighted by atomic mass is 79.9. The van der Waals surface area contributed by atoms with Gasteiger partial charge in [0.05, 0.1) is 10.9 Å². The maximum atomic E-state index is 13.8. The number of rotatable bonds is 5. The predicted molar refractivity (Wildman–Crippen MR) is 142 cm³/mol. The average molecular weight is 565 g/mol. The lowest BCUT2D eigenvalue weighted by molar-refractivity contribution is -0.139. The number of carbonyl (C=O) groups is 3. The molecule has 0 saturated carbocycles. The minimum Gasteiger partial charge on any atom is -0.383 e. The van der Waals surface area contributed by atoms with E-state index in [0.717, 1.165) is 0 Å². The summed E-state index contributed by atoms with van der Waals surface area (Å²) >= 11 is 3.31. The van der Waals surface area contributed by atoms with Crippen LogP contribution in [-0.4, -0.2) is 54.2 Å². The number of nitrogens with one attached hydrogen (secondary N) is 1. The summed E-state index contributed by atoms with van der Waals surface area (Å²) in [5.41, 5.74) is 13.1. The number of aromatic nitrogens is 4. The van der Waals surface area contributed by atoms with Gasteiger partial charge in [0.1, 0.15) is 40.8 Å². The number of primary amides is 1. The summed E-state index contributed by atoms with van der Waals surface area (Å²) in [5, 5.41) is 3.99. The highest BCUT2D eigenvalue weighted by Gasteiger charge is 2.43. The fraction of sp³-hybridized carbons (Fsp3) is 0.280. The second-order valence-corrected chi connectivity index (χ2v) is 10.1. The number of carbonyl (C=O) groups excluding carboxylic acids is 3. The Morgan fingerprint density at radius 2 is 1.95 bits per heavy atom. The van der Waals surface area contributed by atoms with Crippen molar-refractivity contribution in [3.05, 3.63) is 52.9 Å². The van der Waals surface area contributed by atoms with Crippen LogP contribution >= 0.6 is 15.9 Å². The van der Waals surface area contributed by atoms with Gasteiger partial charge in [-0.15, -0.1) is 0 Å². The molecule has 1 aromatic carbocycles. The monoisotopic (exact) mass is 564 g/mol. The summed E-state index contributed by atoms with van der Waals surface area (Å²) in [5.74, 6) is -0.375. The molecule has 4 aromatic rings. The Labute approximate surface area is 220 Å². The van der Waals surface area contributed by atoms with E-state index in [-0.39, 0.29) is 36.1 Å². The fourth-order valence-electron chi connectivity index (χ4n) is 5.01. The third-order valence-electron chi connectivity index (χ3n) is 7.00. The Bertz CT molecular complexity index is 1570. The van der Waals surface area contributed by atoms with Crippen molar-refractivity contribution in [1.29, 1.82) is 0 Å². The van der Waals surface area contributed by atoms with E-state index in [0.29, 0.717) is 44.3 Å². The fourth-order valence-corrected chi connectivity index (χ4v) is 5.35. The van der Waals surface area contributed by atoms with Crippen molar-refractivity contribution in [2.24, 2.45) is 11.7 Å². The molecular formula is C25H25BrN8O3. The first-order chi connectivity index (χ1) is 17.7. The van der Waals surface area contributed by atoms with Crippen LogP contribution in [-0.2, 0) is 16.1 Å². The number of pyridine rings is 1. The molecule has 1 aliphatic heterocycles.